The maximum atomic E-state index is 11.3. The van der Waals surface area contributed by atoms with E-state index >= 15 is 0 Å². The zero-order valence-electron chi connectivity index (χ0n) is 8.55. The molecule has 0 heterocycles. The molecule has 0 fully saturated rings. The van der Waals surface area contributed by atoms with Crippen molar-refractivity contribution < 1.29 is 14.6 Å². The van der Waals surface area contributed by atoms with Crippen molar-refractivity contribution in [3.63, 3.8) is 0 Å². The highest BCUT2D eigenvalue weighted by molar-refractivity contribution is 5.95. The maximum absolute atomic E-state index is 11.3. The second-order valence-corrected chi connectivity index (χ2v) is 4.24. The molecule has 1 rings (SSSR count). The van der Waals surface area contributed by atoms with E-state index in [4.69, 9.17) is 4.74 Å². The lowest BCUT2D eigenvalue weighted by molar-refractivity contribution is -0.124. The Balaban J connectivity index is 3.11. The van der Waals surface area contributed by atoms with Crippen LogP contribution in [0.4, 0.5) is 0 Å². The summed E-state index contributed by atoms with van der Waals surface area (Å²) in [6.45, 7) is 5.67. The summed E-state index contributed by atoms with van der Waals surface area (Å²) < 4.78 is 5.27. The van der Waals surface area contributed by atoms with Crippen LogP contribution in [0.1, 0.15) is 27.2 Å². The van der Waals surface area contributed by atoms with Crippen LogP contribution in [-0.4, -0.2) is 24.1 Å². The molecule has 0 aromatic carbocycles. The summed E-state index contributed by atoms with van der Waals surface area (Å²) in [6.07, 6.45) is 0.180. The number of aliphatic hydroxyl groups is 1. The average molecular weight is 184 g/mol. The highest BCUT2D eigenvalue weighted by Gasteiger charge is 2.40. The summed E-state index contributed by atoms with van der Waals surface area (Å²) in [7, 11) is 1.60. The first kappa shape index (κ1) is 10.3. The summed E-state index contributed by atoms with van der Waals surface area (Å²) in [5.74, 6) is -0.304. The van der Waals surface area contributed by atoms with Gasteiger partial charge in [0.1, 0.15) is 0 Å². The molecule has 0 amide bonds. The molecule has 13 heavy (non-hydrogen) atoms. The Morgan fingerprint density at radius 3 is 2.54 bits per heavy atom. The molecule has 1 N–H and O–H groups in total. The molecule has 0 aromatic rings. The number of hydrogen-bond acceptors (Lipinski definition) is 3. The second-order valence-electron chi connectivity index (χ2n) is 4.24. The summed E-state index contributed by atoms with van der Waals surface area (Å²) in [6, 6.07) is 0. The molecule has 0 bridgehead atoms. The van der Waals surface area contributed by atoms with Crippen LogP contribution in [0.2, 0.25) is 0 Å². The Hall–Kier alpha value is -0.830. The molecular formula is C10H16O3. The van der Waals surface area contributed by atoms with Crippen molar-refractivity contribution >= 4 is 5.78 Å². The van der Waals surface area contributed by atoms with Crippen molar-refractivity contribution in [2.75, 3.05) is 7.11 Å². The third-order valence-electron chi connectivity index (χ3n) is 2.59. The minimum Gasteiger partial charge on any atom is -0.504 e. The Kier molecular flexibility index (Phi) is 2.48. The minimum absolute atomic E-state index is 0.119. The number of aliphatic hydroxyl groups excluding tert-OH is 1. The van der Waals surface area contributed by atoms with Crippen LogP contribution in [0.5, 0.6) is 0 Å². The van der Waals surface area contributed by atoms with Gasteiger partial charge in [-0.3, -0.25) is 4.79 Å². The van der Waals surface area contributed by atoms with Crippen LogP contribution in [-0.2, 0) is 9.53 Å². The third-order valence-corrected chi connectivity index (χ3v) is 2.59. The lowest BCUT2D eigenvalue weighted by Crippen LogP contribution is -2.39. The number of ketones is 1. The second kappa shape index (κ2) is 3.14. The molecule has 0 saturated heterocycles. The Morgan fingerprint density at radius 1 is 1.54 bits per heavy atom. The summed E-state index contributed by atoms with van der Waals surface area (Å²) >= 11 is 0. The molecule has 0 radical (unpaired) electrons. The largest absolute Gasteiger partial charge is 0.504 e. The molecule has 1 aliphatic rings. The monoisotopic (exact) mass is 184 g/mol. The number of rotatable bonds is 1. The predicted molar refractivity (Wildman–Crippen MR) is 49.5 cm³/mol. The van der Waals surface area contributed by atoms with Crippen LogP contribution in [0.15, 0.2) is 11.3 Å². The minimum atomic E-state index is -0.220. The lowest BCUT2D eigenvalue weighted by atomic mass is 9.74. The smallest absolute Gasteiger partial charge is 0.197 e. The average Bonchev–Trinajstić information content (AvgIpc) is 2.00. The van der Waals surface area contributed by atoms with Crippen LogP contribution in [0.3, 0.4) is 0 Å². The van der Waals surface area contributed by atoms with Gasteiger partial charge in [-0.05, 0) is 6.92 Å². The summed E-state index contributed by atoms with van der Waals surface area (Å²) in [5.41, 5.74) is 0.422. The fourth-order valence-corrected chi connectivity index (χ4v) is 2.02. The Labute approximate surface area is 78.4 Å². The molecular weight excluding hydrogens is 168 g/mol. The zero-order chi connectivity index (χ0) is 10.2. The first-order chi connectivity index (χ1) is 5.90. The number of carbonyl (C=O) groups excluding carboxylic acids is 1. The fourth-order valence-electron chi connectivity index (χ4n) is 2.02. The maximum Gasteiger partial charge on any atom is 0.197 e. The predicted octanol–water partition coefficient (Wildman–Crippen LogP) is 1.83. The number of allylic oxidation sites excluding steroid dienone is 1. The van der Waals surface area contributed by atoms with E-state index in [-0.39, 0.29) is 23.1 Å². The van der Waals surface area contributed by atoms with E-state index < -0.39 is 0 Å². The van der Waals surface area contributed by atoms with Crippen molar-refractivity contribution in [3.8, 4) is 0 Å². The van der Waals surface area contributed by atoms with Gasteiger partial charge in [0.05, 0.1) is 6.10 Å². The van der Waals surface area contributed by atoms with Crippen LogP contribution in [0.25, 0.3) is 0 Å². The van der Waals surface area contributed by atoms with Gasteiger partial charge in [-0.1, -0.05) is 13.8 Å². The quantitative estimate of drug-likeness (QED) is 0.676. The van der Waals surface area contributed by atoms with E-state index in [1.807, 2.05) is 13.8 Å². The molecule has 3 heteroatoms. The van der Waals surface area contributed by atoms with E-state index in [0.717, 1.165) is 0 Å². The van der Waals surface area contributed by atoms with Gasteiger partial charge >= 0.3 is 0 Å². The van der Waals surface area contributed by atoms with Crippen molar-refractivity contribution in [2.45, 2.75) is 33.3 Å². The molecule has 1 aliphatic carbocycles. The number of hydrogen-bond donors (Lipinski definition) is 1. The van der Waals surface area contributed by atoms with E-state index in [9.17, 15) is 9.90 Å². The molecule has 0 spiro atoms. The summed E-state index contributed by atoms with van der Waals surface area (Å²) in [5, 5.41) is 9.43. The third kappa shape index (κ3) is 1.61. The van der Waals surface area contributed by atoms with Gasteiger partial charge < -0.3 is 9.84 Å². The van der Waals surface area contributed by atoms with Crippen molar-refractivity contribution in [3.05, 3.63) is 11.3 Å². The molecule has 0 aliphatic heterocycles. The van der Waals surface area contributed by atoms with Gasteiger partial charge in [0.2, 0.25) is 0 Å². The highest BCUT2D eigenvalue weighted by Crippen LogP contribution is 2.37. The van der Waals surface area contributed by atoms with Gasteiger partial charge in [-0.15, -0.1) is 0 Å². The highest BCUT2D eigenvalue weighted by atomic mass is 16.5. The lowest BCUT2D eigenvalue weighted by Gasteiger charge is -2.37. The standard InChI is InChI=1S/C10H16O3/c1-6-8(12)7(11)5-10(2,3)9(6)13-4/h9,12H,5H2,1-4H3. The normalized spacial score (nSPS) is 28.0. The van der Waals surface area contributed by atoms with Crippen LogP contribution >= 0.6 is 0 Å². The van der Waals surface area contributed by atoms with E-state index in [1.54, 1.807) is 14.0 Å². The number of carbonyl (C=O) groups is 1. The first-order valence-electron chi connectivity index (χ1n) is 4.36. The zero-order valence-corrected chi connectivity index (χ0v) is 8.55. The first-order valence-corrected chi connectivity index (χ1v) is 4.36. The van der Waals surface area contributed by atoms with E-state index in [2.05, 4.69) is 0 Å². The van der Waals surface area contributed by atoms with Gasteiger partial charge in [-0.25, -0.2) is 0 Å². The Bertz CT molecular complexity index is 263. The van der Waals surface area contributed by atoms with Crippen LogP contribution < -0.4 is 0 Å². The molecule has 0 saturated carbocycles. The molecule has 1 atom stereocenters. The SMILES string of the molecule is COC1C(C)=C(O)C(=O)CC1(C)C. The van der Waals surface area contributed by atoms with Crippen molar-refractivity contribution in [1.29, 1.82) is 0 Å². The summed E-state index contributed by atoms with van der Waals surface area (Å²) in [4.78, 5) is 11.3. The molecule has 74 valence electrons. The number of methoxy groups -OCH3 is 1. The van der Waals surface area contributed by atoms with Gasteiger partial charge in [0.15, 0.2) is 11.5 Å². The van der Waals surface area contributed by atoms with Crippen LogP contribution in [0, 0.1) is 5.41 Å². The Morgan fingerprint density at radius 2 is 2.08 bits per heavy atom. The van der Waals surface area contributed by atoms with Crippen molar-refractivity contribution in [2.24, 2.45) is 5.41 Å². The van der Waals surface area contributed by atoms with Crippen molar-refractivity contribution in [1.82, 2.24) is 0 Å². The van der Waals surface area contributed by atoms with Gasteiger partial charge in [-0.2, -0.15) is 0 Å². The van der Waals surface area contributed by atoms with E-state index in [0.29, 0.717) is 12.0 Å². The van der Waals surface area contributed by atoms with E-state index in [1.165, 1.54) is 0 Å². The molecule has 1 unspecified atom stereocenters. The van der Waals surface area contributed by atoms with Gasteiger partial charge in [0.25, 0.3) is 0 Å². The fraction of sp³-hybridized carbons (Fsp3) is 0.700. The number of ether oxygens (including phenoxy) is 1. The number of Topliss-reactive ketones (excluding diaryl/α,β-unsaturated/α-hetero) is 1. The molecule has 0 aromatic heterocycles. The van der Waals surface area contributed by atoms with Gasteiger partial charge in [0, 0.05) is 24.5 Å². The molecule has 3 nitrogen and oxygen atoms in total. The topological polar surface area (TPSA) is 46.5 Å².